The number of rotatable bonds is 6. The normalized spacial score (nSPS) is 9.82. The zero-order valence-electron chi connectivity index (χ0n) is 11.9. The van der Waals surface area contributed by atoms with Crippen molar-refractivity contribution < 1.29 is 28.9 Å². The number of ether oxygens (including phenoxy) is 3. The Kier molecular flexibility index (Phi) is 6.86. The number of carbonyl (C=O) groups excluding carboxylic acids is 2. The second-order valence-corrected chi connectivity index (χ2v) is 3.84. The third-order valence-corrected chi connectivity index (χ3v) is 2.34. The fourth-order valence-electron chi connectivity index (χ4n) is 1.33. The highest BCUT2D eigenvalue weighted by molar-refractivity contribution is 5.87. The van der Waals surface area contributed by atoms with Gasteiger partial charge in [-0.15, -0.1) is 6.42 Å². The van der Waals surface area contributed by atoms with Gasteiger partial charge in [0, 0.05) is 6.08 Å². The molecule has 22 heavy (non-hydrogen) atoms. The third-order valence-electron chi connectivity index (χ3n) is 2.34. The van der Waals surface area contributed by atoms with Gasteiger partial charge in [-0.3, -0.25) is 0 Å². The van der Waals surface area contributed by atoms with Gasteiger partial charge in [-0.2, -0.15) is 0 Å². The van der Waals surface area contributed by atoms with E-state index < -0.39 is 18.9 Å². The van der Waals surface area contributed by atoms with Crippen molar-refractivity contribution in [2.24, 2.45) is 0 Å². The molecule has 1 aromatic rings. The number of nitrogens with one attached hydrogen (secondary N) is 1. The second kappa shape index (κ2) is 8.92. The molecule has 0 bridgehead atoms. The van der Waals surface area contributed by atoms with Crippen LogP contribution in [0.15, 0.2) is 24.3 Å². The van der Waals surface area contributed by atoms with Crippen LogP contribution < -0.4 is 10.1 Å². The summed E-state index contributed by atoms with van der Waals surface area (Å²) in [5.41, 5.74) is 0.624. The summed E-state index contributed by atoms with van der Waals surface area (Å²) in [6.07, 6.45) is 6.77. The average Bonchev–Trinajstić information content (AvgIpc) is 2.52. The van der Waals surface area contributed by atoms with E-state index in [0.717, 1.165) is 6.08 Å². The molecule has 0 aromatic heterocycles. The van der Waals surface area contributed by atoms with Gasteiger partial charge >= 0.3 is 12.1 Å². The number of methoxy groups -OCH3 is 1. The Balaban J connectivity index is 2.42. The quantitative estimate of drug-likeness (QED) is 0.356. The lowest BCUT2D eigenvalue weighted by atomic mass is 10.2. The van der Waals surface area contributed by atoms with Crippen LogP contribution in [0, 0.1) is 12.3 Å². The van der Waals surface area contributed by atoms with Gasteiger partial charge in [0.25, 0.3) is 0 Å². The van der Waals surface area contributed by atoms with Crippen molar-refractivity contribution in [2.75, 3.05) is 20.4 Å². The molecule has 7 nitrogen and oxygen atoms in total. The third kappa shape index (κ3) is 5.88. The van der Waals surface area contributed by atoms with Crippen molar-refractivity contribution >= 4 is 18.1 Å². The molecule has 0 aliphatic rings. The Hall–Kier alpha value is -3.14. The highest BCUT2D eigenvalue weighted by Crippen LogP contribution is 2.26. The summed E-state index contributed by atoms with van der Waals surface area (Å²) in [5, 5.41) is 11.7. The molecule has 116 valence electrons. The summed E-state index contributed by atoms with van der Waals surface area (Å²) < 4.78 is 14.1. The predicted molar refractivity (Wildman–Crippen MR) is 78.0 cm³/mol. The molecule has 0 atom stereocenters. The summed E-state index contributed by atoms with van der Waals surface area (Å²) >= 11 is 0. The van der Waals surface area contributed by atoms with Gasteiger partial charge in [-0.25, -0.2) is 9.59 Å². The van der Waals surface area contributed by atoms with E-state index in [2.05, 4.69) is 20.7 Å². The van der Waals surface area contributed by atoms with E-state index in [-0.39, 0.29) is 18.0 Å². The Labute approximate surface area is 127 Å². The molecule has 7 heteroatoms. The number of hydrogen-bond donors (Lipinski definition) is 2. The Morgan fingerprint density at radius 3 is 2.86 bits per heavy atom. The fraction of sp³-hybridized carbons (Fsp3) is 0.200. The first-order chi connectivity index (χ1) is 10.6. The second-order valence-electron chi connectivity index (χ2n) is 3.84. The van der Waals surface area contributed by atoms with Gasteiger partial charge in [0.1, 0.15) is 0 Å². The predicted octanol–water partition coefficient (Wildman–Crippen LogP) is 1.27. The maximum atomic E-state index is 11.4. The van der Waals surface area contributed by atoms with Crippen molar-refractivity contribution in [3.05, 3.63) is 29.8 Å². The molecule has 1 amide bonds. The molecule has 2 N–H and O–H groups in total. The van der Waals surface area contributed by atoms with Gasteiger partial charge < -0.3 is 24.6 Å². The SMILES string of the molecule is C#CCNC(=O)OCOC(=O)/C=C/c1ccc(O)c(OC)c1. The summed E-state index contributed by atoms with van der Waals surface area (Å²) in [6, 6.07) is 4.57. The zero-order chi connectivity index (χ0) is 16.4. The van der Waals surface area contributed by atoms with Crippen LogP contribution in [-0.4, -0.2) is 37.6 Å². The van der Waals surface area contributed by atoms with Crippen molar-refractivity contribution in [2.45, 2.75) is 0 Å². The summed E-state index contributed by atoms with van der Waals surface area (Å²) in [7, 11) is 1.42. The number of carbonyl (C=O) groups is 2. The standard InChI is InChI=1S/C15H15NO6/c1-3-8-16-15(19)22-10-21-14(18)7-5-11-4-6-12(17)13(9-11)20-2/h1,4-7,9,17H,8,10H2,2H3,(H,16,19)/b7-5+. The van der Waals surface area contributed by atoms with E-state index in [0.29, 0.717) is 5.56 Å². The molecule has 0 heterocycles. The smallest absolute Gasteiger partial charge is 0.410 e. The number of terminal acetylenes is 1. The summed E-state index contributed by atoms with van der Waals surface area (Å²) in [6.45, 7) is -0.506. The van der Waals surface area contributed by atoms with Crippen LogP contribution in [0.3, 0.4) is 0 Å². The Bertz CT molecular complexity index is 603. The lowest BCUT2D eigenvalue weighted by Gasteiger charge is -2.05. The lowest BCUT2D eigenvalue weighted by molar-refractivity contribution is -0.145. The Morgan fingerprint density at radius 1 is 1.41 bits per heavy atom. The first-order valence-electron chi connectivity index (χ1n) is 6.12. The number of aromatic hydroxyl groups is 1. The molecule has 0 aliphatic carbocycles. The van der Waals surface area contributed by atoms with E-state index in [4.69, 9.17) is 11.2 Å². The minimum atomic E-state index is -0.780. The fourth-order valence-corrected chi connectivity index (χ4v) is 1.33. The van der Waals surface area contributed by atoms with Crippen LogP contribution in [0.5, 0.6) is 11.5 Å². The van der Waals surface area contributed by atoms with Gasteiger partial charge in [-0.1, -0.05) is 12.0 Å². The molecule has 0 radical (unpaired) electrons. The number of hydrogen-bond acceptors (Lipinski definition) is 6. The minimum Gasteiger partial charge on any atom is -0.504 e. The number of alkyl carbamates (subject to hydrolysis) is 1. The largest absolute Gasteiger partial charge is 0.504 e. The molecule has 0 fully saturated rings. The van der Waals surface area contributed by atoms with Gasteiger partial charge in [0.2, 0.25) is 6.79 Å². The van der Waals surface area contributed by atoms with E-state index in [1.54, 1.807) is 12.1 Å². The number of esters is 1. The highest BCUT2D eigenvalue weighted by Gasteiger charge is 2.03. The maximum Gasteiger partial charge on any atom is 0.410 e. The van der Waals surface area contributed by atoms with E-state index >= 15 is 0 Å². The van der Waals surface area contributed by atoms with Crippen LogP contribution >= 0.6 is 0 Å². The zero-order valence-corrected chi connectivity index (χ0v) is 11.9. The first-order valence-corrected chi connectivity index (χ1v) is 6.12. The van der Waals surface area contributed by atoms with Crippen LogP contribution in [0.1, 0.15) is 5.56 Å². The minimum absolute atomic E-state index is 0.00592. The highest BCUT2D eigenvalue weighted by atomic mass is 16.7. The van der Waals surface area contributed by atoms with Crippen LogP contribution in [0.4, 0.5) is 4.79 Å². The van der Waals surface area contributed by atoms with E-state index in [1.807, 2.05) is 0 Å². The molecule has 0 unspecified atom stereocenters. The molecule has 0 saturated carbocycles. The van der Waals surface area contributed by atoms with Gasteiger partial charge in [-0.05, 0) is 23.8 Å². The van der Waals surface area contributed by atoms with Crippen molar-refractivity contribution in [1.82, 2.24) is 5.32 Å². The molecule has 1 aromatic carbocycles. The van der Waals surface area contributed by atoms with Crippen molar-refractivity contribution in [3.8, 4) is 23.8 Å². The number of phenolic OH excluding ortho intramolecular Hbond substituents is 1. The molecule has 0 saturated heterocycles. The monoisotopic (exact) mass is 305 g/mol. The number of benzene rings is 1. The lowest BCUT2D eigenvalue weighted by Crippen LogP contribution is -2.25. The van der Waals surface area contributed by atoms with Crippen molar-refractivity contribution in [3.63, 3.8) is 0 Å². The first kappa shape index (κ1) is 16.9. The molecule has 0 aliphatic heterocycles. The average molecular weight is 305 g/mol. The van der Waals surface area contributed by atoms with Gasteiger partial charge in [0.05, 0.1) is 13.7 Å². The van der Waals surface area contributed by atoms with E-state index in [1.165, 1.54) is 19.3 Å². The van der Waals surface area contributed by atoms with Crippen LogP contribution in [0.25, 0.3) is 6.08 Å². The molecular weight excluding hydrogens is 290 g/mol. The number of phenols is 1. The molecular formula is C15H15NO6. The van der Waals surface area contributed by atoms with Crippen molar-refractivity contribution in [1.29, 1.82) is 0 Å². The summed E-state index contributed by atoms with van der Waals surface area (Å²) in [4.78, 5) is 22.4. The Morgan fingerprint density at radius 2 is 2.18 bits per heavy atom. The van der Waals surface area contributed by atoms with Crippen LogP contribution in [0.2, 0.25) is 0 Å². The topological polar surface area (TPSA) is 94.1 Å². The number of amides is 1. The molecule has 1 rings (SSSR count). The molecule has 0 spiro atoms. The van der Waals surface area contributed by atoms with Crippen LogP contribution in [-0.2, 0) is 14.3 Å². The maximum absolute atomic E-state index is 11.4. The summed E-state index contributed by atoms with van der Waals surface area (Å²) in [5.74, 6) is 1.77. The van der Waals surface area contributed by atoms with E-state index in [9.17, 15) is 14.7 Å². The van der Waals surface area contributed by atoms with Gasteiger partial charge in [0.15, 0.2) is 11.5 Å².